The van der Waals surface area contributed by atoms with Crippen LogP contribution in [0, 0.1) is 5.92 Å². The number of carbonyl (C=O) groups is 3. The lowest BCUT2D eigenvalue weighted by Crippen LogP contribution is -2.33. The van der Waals surface area contributed by atoms with E-state index in [2.05, 4.69) is 4.74 Å². The minimum absolute atomic E-state index is 0.0630. The smallest absolute Gasteiger partial charge is 0.450 e. The van der Waals surface area contributed by atoms with E-state index in [4.69, 9.17) is 0 Å². The molecule has 0 spiro atoms. The summed E-state index contributed by atoms with van der Waals surface area (Å²) >= 11 is 0. The number of esters is 1. The van der Waals surface area contributed by atoms with Crippen LogP contribution in [-0.4, -0.2) is 30.3 Å². The van der Waals surface area contributed by atoms with Crippen LogP contribution < -0.4 is 0 Å². The molecule has 0 saturated heterocycles. The number of ketones is 2. The average molecular weight is 254 g/mol. The van der Waals surface area contributed by atoms with E-state index in [9.17, 15) is 27.6 Å². The highest BCUT2D eigenvalue weighted by atomic mass is 19.4. The summed E-state index contributed by atoms with van der Waals surface area (Å²) in [6, 6.07) is 0. The monoisotopic (exact) mass is 254 g/mol. The maximum atomic E-state index is 12.0. The molecule has 0 saturated carbocycles. The summed E-state index contributed by atoms with van der Waals surface area (Å²) in [5.41, 5.74) is 0. The SMILES string of the molecule is CCOC(=O)C(CC(=O)C(F)(F)F)C(=O)CC. The van der Waals surface area contributed by atoms with Gasteiger partial charge in [0, 0.05) is 12.8 Å². The minimum Gasteiger partial charge on any atom is -0.465 e. The van der Waals surface area contributed by atoms with Crippen LogP contribution >= 0.6 is 0 Å². The molecule has 0 aliphatic carbocycles. The van der Waals surface area contributed by atoms with Crippen molar-refractivity contribution >= 4 is 17.5 Å². The van der Waals surface area contributed by atoms with Crippen molar-refractivity contribution in [1.82, 2.24) is 0 Å². The Kier molecular flexibility index (Phi) is 5.84. The molecule has 0 N–H and O–H groups in total. The summed E-state index contributed by atoms with van der Waals surface area (Å²) in [5.74, 6) is -5.58. The van der Waals surface area contributed by atoms with Gasteiger partial charge in [0.05, 0.1) is 6.61 Å². The van der Waals surface area contributed by atoms with E-state index in [1.807, 2.05) is 0 Å². The molecule has 0 bridgehead atoms. The van der Waals surface area contributed by atoms with Crippen molar-refractivity contribution < 1.29 is 32.3 Å². The Bertz CT molecular complexity index is 309. The fourth-order valence-corrected chi connectivity index (χ4v) is 1.12. The zero-order valence-corrected chi connectivity index (χ0v) is 9.47. The molecule has 0 aromatic heterocycles. The quantitative estimate of drug-likeness (QED) is 0.534. The number of Topliss-reactive ketones (excluding diaryl/α,β-unsaturated/α-hetero) is 2. The normalized spacial score (nSPS) is 13.0. The summed E-state index contributed by atoms with van der Waals surface area (Å²) in [6.07, 6.45) is -6.36. The van der Waals surface area contributed by atoms with Crippen LogP contribution in [-0.2, 0) is 19.1 Å². The Morgan fingerprint density at radius 3 is 2.06 bits per heavy atom. The second kappa shape index (κ2) is 6.36. The lowest BCUT2D eigenvalue weighted by atomic mass is 9.96. The molecular formula is C10H13F3O4. The lowest BCUT2D eigenvalue weighted by Gasteiger charge is -2.13. The third kappa shape index (κ3) is 4.97. The van der Waals surface area contributed by atoms with E-state index >= 15 is 0 Å². The fourth-order valence-electron chi connectivity index (χ4n) is 1.12. The van der Waals surface area contributed by atoms with Gasteiger partial charge in [0.2, 0.25) is 5.78 Å². The molecule has 0 aromatic carbocycles. The maximum absolute atomic E-state index is 12.0. The number of halogens is 3. The zero-order valence-electron chi connectivity index (χ0n) is 9.47. The Morgan fingerprint density at radius 2 is 1.71 bits per heavy atom. The van der Waals surface area contributed by atoms with Gasteiger partial charge >= 0.3 is 12.1 Å². The largest absolute Gasteiger partial charge is 0.465 e. The first-order chi connectivity index (χ1) is 7.73. The molecule has 0 aliphatic heterocycles. The van der Waals surface area contributed by atoms with Crippen LogP contribution in [0.3, 0.4) is 0 Å². The van der Waals surface area contributed by atoms with E-state index in [-0.39, 0.29) is 13.0 Å². The zero-order chi connectivity index (χ0) is 13.6. The molecule has 0 rings (SSSR count). The van der Waals surface area contributed by atoms with Gasteiger partial charge in [0.15, 0.2) is 0 Å². The van der Waals surface area contributed by atoms with Crippen LogP contribution in [0.5, 0.6) is 0 Å². The third-order valence-electron chi connectivity index (χ3n) is 2.01. The Balaban J connectivity index is 4.78. The summed E-state index contributed by atoms with van der Waals surface area (Å²) in [7, 11) is 0. The maximum Gasteiger partial charge on any atom is 0.450 e. The molecule has 0 fully saturated rings. The van der Waals surface area contributed by atoms with Crippen LogP contribution in [0.2, 0.25) is 0 Å². The van der Waals surface area contributed by atoms with E-state index in [0.29, 0.717) is 0 Å². The first-order valence-corrected chi connectivity index (χ1v) is 5.03. The van der Waals surface area contributed by atoms with Gasteiger partial charge in [0.25, 0.3) is 0 Å². The predicted molar refractivity (Wildman–Crippen MR) is 51.1 cm³/mol. The highest BCUT2D eigenvalue weighted by molar-refractivity contribution is 6.03. The second-order valence-corrected chi connectivity index (χ2v) is 3.25. The molecule has 1 unspecified atom stereocenters. The van der Waals surface area contributed by atoms with Gasteiger partial charge in [-0.15, -0.1) is 0 Å². The number of hydrogen-bond donors (Lipinski definition) is 0. The van der Waals surface area contributed by atoms with Crippen LogP contribution in [0.4, 0.5) is 13.2 Å². The summed E-state index contributed by atoms with van der Waals surface area (Å²) in [6.45, 7) is 2.79. The standard InChI is InChI=1S/C10H13F3O4/c1-3-7(14)6(9(16)17-4-2)5-8(15)10(11,12)13/h6H,3-5H2,1-2H3. The summed E-state index contributed by atoms with van der Waals surface area (Å²) in [4.78, 5) is 33.2. The molecule has 1 atom stereocenters. The van der Waals surface area contributed by atoms with Crippen molar-refractivity contribution in [3.8, 4) is 0 Å². The average Bonchev–Trinajstić information content (AvgIpc) is 2.23. The summed E-state index contributed by atoms with van der Waals surface area (Å²) in [5, 5.41) is 0. The van der Waals surface area contributed by atoms with Crippen molar-refractivity contribution in [3.63, 3.8) is 0 Å². The highest BCUT2D eigenvalue weighted by Crippen LogP contribution is 2.22. The van der Waals surface area contributed by atoms with Crippen LogP contribution in [0.25, 0.3) is 0 Å². The van der Waals surface area contributed by atoms with Crippen molar-refractivity contribution in [2.75, 3.05) is 6.61 Å². The highest BCUT2D eigenvalue weighted by Gasteiger charge is 2.42. The van der Waals surface area contributed by atoms with Crippen LogP contribution in [0.15, 0.2) is 0 Å². The molecular weight excluding hydrogens is 241 g/mol. The Morgan fingerprint density at radius 1 is 1.18 bits per heavy atom. The van der Waals surface area contributed by atoms with Gasteiger partial charge in [0.1, 0.15) is 11.7 Å². The molecule has 98 valence electrons. The van der Waals surface area contributed by atoms with Gasteiger partial charge in [-0.1, -0.05) is 6.92 Å². The topological polar surface area (TPSA) is 60.4 Å². The molecule has 0 amide bonds. The number of carbonyl (C=O) groups excluding carboxylic acids is 3. The molecule has 17 heavy (non-hydrogen) atoms. The molecule has 0 radical (unpaired) electrons. The Labute approximate surface area is 96.1 Å². The van der Waals surface area contributed by atoms with Crippen molar-refractivity contribution in [2.24, 2.45) is 5.92 Å². The third-order valence-corrected chi connectivity index (χ3v) is 2.01. The van der Waals surface area contributed by atoms with Crippen molar-refractivity contribution in [3.05, 3.63) is 0 Å². The van der Waals surface area contributed by atoms with E-state index < -0.39 is 36.1 Å². The molecule has 7 heteroatoms. The van der Waals surface area contributed by atoms with Crippen molar-refractivity contribution in [2.45, 2.75) is 32.9 Å². The molecule has 0 aromatic rings. The predicted octanol–water partition coefficient (Wildman–Crippen LogP) is 1.67. The first kappa shape index (κ1) is 15.6. The van der Waals surface area contributed by atoms with E-state index in [0.717, 1.165) is 0 Å². The van der Waals surface area contributed by atoms with Crippen LogP contribution in [0.1, 0.15) is 26.7 Å². The summed E-state index contributed by atoms with van der Waals surface area (Å²) < 4.78 is 40.5. The Hall–Kier alpha value is -1.40. The molecule has 0 aliphatic rings. The van der Waals surface area contributed by atoms with E-state index in [1.54, 1.807) is 0 Å². The van der Waals surface area contributed by atoms with E-state index in [1.165, 1.54) is 13.8 Å². The van der Waals surface area contributed by atoms with Gasteiger partial charge in [-0.25, -0.2) is 0 Å². The second-order valence-electron chi connectivity index (χ2n) is 3.25. The number of alkyl halides is 3. The van der Waals surface area contributed by atoms with Gasteiger partial charge in [-0.3, -0.25) is 14.4 Å². The van der Waals surface area contributed by atoms with Crippen molar-refractivity contribution in [1.29, 1.82) is 0 Å². The van der Waals surface area contributed by atoms with Gasteiger partial charge in [-0.05, 0) is 6.92 Å². The minimum atomic E-state index is -5.04. The lowest BCUT2D eigenvalue weighted by molar-refractivity contribution is -0.174. The molecule has 4 nitrogen and oxygen atoms in total. The van der Waals surface area contributed by atoms with Gasteiger partial charge < -0.3 is 4.74 Å². The van der Waals surface area contributed by atoms with Gasteiger partial charge in [-0.2, -0.15) is 13.2 Å². The number of hydrogen-bond acceptors (Lipinski definition) is 4. The number of rotatable bonds is 6. The first-order valence-electron chi connectivity index (χ1n) is 5.03. The fraction of sp³-hybridized carbons (Fsp3) is 0.700. The molecule has 0 heterocycles. The number of ether oxygens (including phenoxy) is 1.